The highest BCUT2D eigenvalue weighted by atomic mass is 32.2. The molecule has 2 aromatic carbocycles. The topological polar surface area (TPSA) is 135 Å². The minimum absolute atomic E-state index is 0.0915. The van der Waals surface area contributed by atoms with E-state index in [1.54, 1.807) is 19.1 Å². The zero-order valence-corrected chi connectivity index (χ0v) is 15.8. The molecule has 1 atom stereocenters. The maximum absolute atomic E-state index is 12.5. The number of primary sulfonamides is 1. The Hall–Kier alpha value is -3.24. The summed E-state index contributed by atoms with van der Waals surface area (Å²) in [6.45, 7) is 1.55. The maximum Gasteiger partial charge on any atom is 0.342 e. The fourth-order valence-corrected chi connectivity index (χ4v) is 2.93. The number of carbonyl (C=O) groups excluding carboxylic acids is 1. The number of benzene rings is 2. The number of aromatic nitrogens is 2. The average Bonchev–Trinajstić information content (AvgIpc) is 3.18. The van der Waals surface area contributed by atoms with Crippen LogP contribution >= 0.6 is 0 Å². The monoisotopic (exact) mass is 403 g/mol. The zero-order valence-electron chi connectivity index (χ0n) is 15.0. The molecule has 0 aliphatic heterocycles. The Morgan fingerprint density at radius 3 is 2.50 bits per heavy atom. The molecule has 1 aromatic heterocycles. The summed E-state index contributed by atoms with van der Waals surface area (Å²) in [6.07, 6.45) is -0.875. The number of hydrogen-bond donors (Lipinski definition) is 1. The highest BCUT2D eigenvalue weighted by molar-refractivity contribution is 7.89. The van der Waals surface area contributed by atoms with Crippen molar-refractivity contribution in [3.63, 3.8) is 0 Å². The molecule has 146 valence electrons. The lowest BCUT2D eigenvalue weighted by molar-refractivity contribution is 0.0276. The molecule has 0 bridgehead atoms. The fraction of sp³-hybridized carbons (Fsp3) is 0.167. The quantitative estimate of drug-likeness (QED) is 0.620. The number of nitrogens with two attached hydrogens (primary N) is 1. The lowest BCUT2D eigenvalue weighted by Crippen LogP contribution is -2.15. The molecule has 0 fully saturated rings. The summed E-state index contributed by atoms with van der Waals surface area (Å²) < 4.78 is 39.1. The van der Waals surface area contributed by atoms with Crippen molar-refractivity contribution in [1.29, 1.82) is 0 Å². The SMILES string of the molecule is COc1ccc(S(N)(=O)=O)cc1C(=O)O[C@@H](C)c1nnc(-c2ccccc2)o1. The third kappa shape index (κ3) is 4.18. The summed E-state index contributed by atoms with van der Waals surface area (Å²) in [5, 5.41) is 13.0. The van der Waals surface area contributed by atoms with Crippen LogP contribution in [-0.2, 0) is 14.8 Å². The highest BCUT2D eigenvalue weighted by Crippen LogP contribution is 2.26. The second-order valence-corrected chi connectivity index (χ2v) is 7.33. The number of nitrogens with zero attached hydrogens (tertiary/aromatic N) is 2. The Kier molecular flexibility index (Phi) is 5.43. The van der Waals surface area contributed by atoms with Crippen LogP contribution in [-0.4, -0.2) is 31.7 Å². The first-order chi connectivity index (χ1) is 13.3. The molecule has 2 N–H and O–H groups in total. The molecule has 0 aliphatic rings. The average molecular weight is 403 g/mol. The number of hydrogen-bond acceptors (Lipinski definition) is 8. The van der Waals surface area contributed by atoms with Gasteiger partial charge in [-0.2, -0.15) is 0 Å². The summed E-state index contributed by atoms with van der Waals surface area (Å²) in [5.74, 6) is -0.310. The molecule has 0 radical (unpaired) electrons. The lowest BCUT2D eigenvalue weighted by Gasteiger charge is -2.12. The minimum atomic E-state index is -4.00. The van der Waals surface area contributed by atoms with Gasteiger partial charge in [-0.1, -0.05) is 18.2 Å². The third-order valence-corrected chi connectivity index (χ3v) is 4.72. The van der Waals surface area contributed by atoms with Crippen molar-refractivity contribution < 1.29 is 27.1 Å². The van der Waals surface area contributed by atoms with E-state index < -0.39 is 22.1 Å². The maximum atomic E-state index is 12.5. The molecule has 0 unspecified atom stereocenters. The first-order valence-corrected chi connectivity index (χ1v) is 9.65. The zero-order chi connectivity index (χ0) is 20.3. The van der Waals surface area contributed by atoms with Crippen LogP contribution in [0.4, 0.5) is 0 Å². The van der Waals surface area contributed by atoms with Gasteiger partial charge in [0.15, 0.2) is 6.10 Å². The van der Waals surface area contributed by atoms with E-state index in [-0.39, 0.29) is 28.0 Å². The van der Waals surface area contributed by atoms with Crippen LogP contribution in [0.5, 0.6) is 5.75 Å². The van der Waals surface area contributed by atoms with Crippen LogP contribution < -0.4 is 9.88 Å². The molecule has 3 rings (SSSR count). The van der Waals surface area contributed by atoms with Crippen molar-refractivity contribution in [1.82, 2.24) is 10.2 Å². The van der Waals surface area contributed by atoms with Gasteiger partial charge in [0.1, 0.15) is 11.3 Å². The summed E-state index contributed by atoms with van der Waals surface area (Å²) in [6, 6.07) is 12.8. The van der Waals surface area contributed by atoms with Gasteiger partial charge in [0.2, 0.25) is 15.9 Å². The first-order valence-electron chi connectivity index (χ1n) is 8.10. The fourth-order valence-electron chi connectivity index (χ4n) is 2.39. The van der Waals surface area contributed by atoms with Gasteiger partial charge in [0.05, 0.1) is 12.0 Å². The first kappa shape index (κ1) is 19.5. The van der Waals surface area contributed by atoms with E-state index >= 15 is 0 Å². The van der Waals surface area contributed by atoms with Gasteiger partial charge >= 0.3 is 5.97 Å². The summed E-state index contributed by atoms with van der Waals surface area (Å²) in [5.41, 5.74) is 0.631. The van der Waals surface area contributed by atoms with Crippen LogP contribution in [0.15, 0.2) is 57.8 Å². The molecule has 28 heavy (non-hydrogen) atoms. The molecular weight excluding hydrogens is 386 g/mol. The number of methoxy groups -OCH3 is 1. The summed E-state index contributed by atoms with van der Waals surface area (Å²) >= 11 is 0. The number of esters is 1. The Morgan fingerprint density at radius 1 is 1.14 bits per heavy atom. The van der Waals surface area contributed by atoms with Gasteiger partial charge in [-0.15, -0.1) is 10.2 Å². The van der Waals surface area contributed by atoms with Gasteiger partial charge in [-0.05, 0) is 37.3 Å². The lowest BCUT2D eigenvalue weighted by atomic mass is 10.2. The van der Waals surface area contributed by atoms with Gasteiger partial charge < -0.3 is 13.9 Å². The van der Waals surface area contributed by atoms with Crippen molar-refractivity contribution in [2.45, 2.75) is 17.9 Å². The van der Waals surface area contributed by atoms with E-state index in [4.69, 9.17) is 19.0 Å². The molecular formula is C18H17N3O6S. The third-order valence-electron chi connectivity index (χ3n) is 3.81. The van der Waals surface area contributed by atoms with Crippen LogP contribution in [0.2, 0.25) is 0 Å². The second-order valence-electron chi connectivity index (χ2n) is 5.77. The normalized spacial score (nSPS) is 12.4. The second kappa shape index (κ2) is 7.79. The predicted octanol–water partition coefficient (Wildman–Crippen LogP) is 2.31. The van der Waals surface area contributed by atoms with E-state index in [1.165, 1.54) is 19.2 Å². The van der Waals surface area contributed by atoms with E-state index in [9.17, 15) is 13.2 Å². The molecule has 0 amide bonds. The van der Waals surface area contributed by atoms with Crippen LogP contribution in [0.25, 0.3) is 11.5 Å². The Bertz CT molecular complexity index is 1100. The Labute approximate surface area is 161 Å². The van der Waals surface area contributed by atoms with E-state index in [2.05, 4.69) is 10.2 Å². The molecule has 0 spiro atoms. The molecule has 3 aromatic rings. The van der Waals surface area contributed by atoms with Crippen molar-refractivity contribution >= 4 is 16.0 Å². The van der Waals surface area contributed by atoms with Crippen LogP contribution in [0.1, 0.15) is 29.3 Å². The largest absolute Gasteiger partial charge is 0.496 e. The number of carbonyl (C=O) groups is 1. The van der Waals surface area contributed by atoms with Crippen LogP contribution in [0.3, 0.4) is 0 Å². The van der Waals surface area contributed by atoms with Gasteiger partial charge in [-0.3, -0.25) is 0 Å². The van der Waals surface area contributed by atoms with E-state index in [0.29, 0.717) is 0 Å². The standard InChI is InChI=1S/C18H17N3O6S/c1-11(16-20-21-17(27-16)12-6-4-3-5-7-12)26-18(22)14-10-13(28(19,23)24)8-9-15(14)25-2/h3-11H,1-2H3,(H2,19,23,24)/t11-/m0/s1. The van der Waals surface area contributed by atoms with Crippen LogP contribution in [0, 0.1) is 0 Å². The molecule has 1 heterocycles. The Balaban J connectivity index is 1.82. The van der Waals surface area contributed by atoms with Crippen molar-refractivity contribution in [2.24, 2.45) is 5.14 Å². The van der Waals surface area contributed by atoms with Gasteiger partial charge in [-0.25, -0.2) is 18.4 Å². The molecule has 9 nitrogen and oxygen atoms in total. The van der Waals surface area contributed by atoms with Crippen molar-refractivity contribution in [3.05, 3.63) is 60.0 Å². The molecule has 0 saturated heterocycles. The molecule has 0 aliphatic carbocycles. The van der Waals surface area contributed by atoms with Gasteiger partial charge in [0, 0.05) is 5.56 Å². The number of ether oxygens (including phenoxy) is 2. The predicted molar refractivity (Wildman–Crippen MR) is 97.9 cm³/mol. The summed E-state index contributed by atoms with van der Waals surface area (Å²) in [7, 11) is -2.65. The van der Waals surface area contributed by atoms with Crippen molar-refractivity contribution in [2.75, 3.05) is 7.11 Å². The highest BCUT2D eigenvalue weighted by Gasteiger charge is 2.23. The van der Waals surface area contributed by atoms with E-state index in [0.717, 1.165) is 11.6 Å². The minimum Gasteiger partial charge on any atom is -0.496 e. The number of sulfonamides is 1. The summed E-state index contributed by atoms with van der Waals surface area (Å²) in [4.78, 5) is 12.3. The van der Waals surface area contributed by atoms with E-state index in [1.807, 2.05) is 18.2 Å². The number of rotatable bonds is 6. The Morgan fingerprint density at radius 2 is 1.86 bits per heavy atom. The smallest absolute Gasteiger partial charge is 0.342 e. The molecule has 10 heteroatoms. The van der Waals surface area contributed by atoms with Crippen molar-refractivity contribution in [3.8, 4) is 17.2 Å². The van der Waals surface area contributed by atoms with Gasteiger partial charge in [0.25, 0.3) is 5.89 Å². The molecule has 0 saturated carbocycles.